The first-order valence-corrected chi connectivity index (χ1v) is 9.69. The predicted molar refractivity (Wildman–Crippen MR) is 102 cm³/mol. The predicted octanol–water partition coefficient (Wildman–Crippen LogP) is 3.32. The third-order valence-electron chi connectivity index (χ3n) is 5.52. The Kier molecular flexibility index (Phi) is 5.28. The minimum absolute atomic E-state index is 0.0312. The van der Waals surface area contributed by atoms with Gasteiger partial charge in [-0.05, 0) is 43.2 Å². The molecule has 0 saturated carbocycles. The summed E-state index contributed by atoms with van der Waals surface area (Å²) in [5.74, 6) is 0.292. The normalized spacial score (nSPS) is 19.5. The number of nitrogens with zero attached hydrogens (tertiary/aromatic N) is 1. The molecule has 0 bridgehead atoms. The highest BCUT2D eigenvalue weighted by Crippen LogP contribution is 2.32. The molecule has 4 rings (SSSR count). The molecule has 2 aromatic rings. The molecule has 2 aliphatic rings. The van der Waals surface area contributed by atoms with Crippen LogP contribution in [0.2, 0.25) is 0 Å². The summed E-state index contributed by atoms with van der Waals surface area (Å²) in [6.45, 7) is 1.64. The van der Waals surface area contributed by atoms with Crippen molar-refractivity contribution >= 4 is 11.8 Å². The Morgan fingerprint density at radius 1 is 1.00 bits per heavy atom. The van der Waals surface area contributed by atoms with Crippen LogP contribution in [0.4, 0.5) is 4.39 Å². The molecule has 0 radical (unpaired) electrons. The molecule has 2 aliphatic heterocycles. The van der Waals surface area contributed by atoms with Crippen molar-refractivity contribution in [2.45, 2.75) is 25.3 Å². The Labute approximate surface area is 163 Å². The number of hydrogen-bond acceptors (Lipinski definition) is 3. The van der Waals surface area contributed by atoms with Crippen molar-refractivity contribution in [3.8, 4) is 5.75 Å². The van der Waals surface area contributed by atoms with E-state index >= 15 is 0 Å². The fourth-order valence-electron chi connectivity index (χ4n) is 3.90. The quantitative estimate of drug-likeness (QED) is 0.886. The van der Waals surface area contributed by atoms with Crippen molar-refractivity contribution in [2.75, 3.05) is 19.7 Å². The van der Waals surface area contributed by atoms with Gasteiger partial charge in [-0.25, -0.2) is 4.39 Å². The lowest BCUT2D eigenvalue weighted by molar-refractivity contribution is -0.127. The van der Waals surface area contributed by atoms with E-state index in [1.165, 1.54) is 24.3 Å². The van der Waals surface area contributed by atoms with Gasteiger partial charge in [-0.2, -0.15) is 0 Å². The van der Waals surface area contributed by atoms with Crippen LogP contribution < -0.4 is 10.1 Å². The maximum atomic E-state index is 13.0. The molecule has 6 heteroatoms. The van der Waals surface area contributed by atoms with Crippen molar-refractivity contribution in [3.63, 3.8) is 0 Å². The molecule has 1 saturated heterocycles. The lowest BCUT2D eigenvalue weighted by Gasteiger charge is -2.33. The average Bonchev–Trinajstić information content (AvgIpc) is 2.74. The van der Waals surface area contributed by atoms with E-state index < -0.39 is 0 Å². The summed E-state index contributed by atoms with van der Waals surface area (Å²) in [6.07, 6.45) is 2.01. The van der Waals surface area contributed by atoms with Crippen molar-refractivity contribution in [1.82, 2.24) is 10.2 Å². The molecule has 146 valence electrons. The molecule has 2 amide bonds. The van der Waals surface area contributed by atoms with Crippen molar-refractivity contribution in [1.29, 1.82) is 0 Å². The van der Waals surface area contributed by atoms with E-state index in [-0.39, 0.29) is 29.6 Å². The fourth-order valence-corrected chi connectivity index (χ4v) is 3.90. The Morgan fingerprint density at radius 2 is 1.71 bits per heavy atom. The molecular formula is C22H23FN2O3. The lowest BCUT2D eigenvalue weighted by Crippen LogP contribution is -2.44. The molecule has 2 heterocycles. The van der Waals surface area contributed by atoms with E-state index in [0.717, 1.165) is 17.7 Å². The van der Waals surface area contributed by atoms with Gasteiger partial charge >= 0.3 is 0 Å². The summed E-state index contributed by atoms with van der Waals surface area (Å²) in [5.41, 5.74) is 1.49. The van der Waals surface area contributed by atoms with Crippen molar-refractivity contribution in [3.05, 3.63) is 65.5 Å². The minimum atomic E-state index is -0.360. The van der Waals surface area contributed by atoms with Crippen LogP contribution in [0.5, 0.6) is 5.75 Å². The van der Waals surface area contributed by atoms with Crippen LogP contribution in [0, 0.1) is 11.7 Å². The second-order valence-corrected chi connectivity index (χ2v) is 7.31. The molecule has 1 atom stereocenters. The largest absolute Gasteiger partial charge is 0.493 e. The number of hydrogen-bond donors (Lipinski definition) is 1. The second-order valence-electron chi connectivity index (χ2n) is 7.31. The zero-order chi connectivity index (χ0) is 19.5. The Morgan fingerprint density at radius 3 is 2.46 bits per heavy atom. The number of amides is 2. The highest BCUT2D eigenvalue weighted by atomic mass is 19.1. The van der Waals surface area contributed by atoms with E-state index in [1.807, 2.05) is 24.3 Å². The van der Waals surface area contributed by atoms with Crippen LogP contribution in [0.15, 0.2) is 48.5 Å². The summed E-state index contributed by atoms with van der Waals surface area (Å²) >= 11 is 0. The third kappa shape index (κ3) is 3.86. The first-order valence-electron chi connectivity index (χ1n) is 9.69. The van der Waals surface area contributed by atoms with Gasteiger partial charge in [0, 0.05) is 36.6 Å². The highest BCUT2D eigenvalue weighted by Gasteiger charge is 2.30. The van der Waals surface area contributed by atoms with Gasteiger partial charge in [0.25, 0.3) is 5.91 Å². The summed E-state index contributed by atoms with van der Waals surface area (Å²) < 4.78 is 18.7. The molecule has 1 N–H and O–H groups in total. The van der Waals surface area contributed by atoms with Crippen LogP contribution in [-0.4, -0.2) is 36.4 Å². The van der Waals surface area contributed by atoms with Gasteiger partial charge in [0.15, 0.2) is 0 Å². The molecule has 2 aromatic carbocycles. The van der Waals surface area contributed by atoms with Crippen molar-refractivity contribution < 1.29 is 18.7 Å². The Balaban J connectivity index is 1.33. The van der Waals surface area contributed by atoms with E-state index in [1.54, 1.807) is 4.90 Å². The zero-order valence-electron chi connectivity index (χ0n) is 15.6. The first-order chi connectivity index (χ1) is 13.6. The number of para-hydroxylation sites is 1. The number of halogens is 1. The number of benzene rings is 2. The summed E-state index contributed by atoms with van der Waals surface area (Å²) in [5, 5.41) is 3.16. The molecule has 5 nitrogen and oxygen atoms in total. The molecule has 0 aromatic heterocycles. The van der Waals surface area contributed by atoms with Crippen LogP contribution in [0.3, 0.4) is 0 Å². The molecule has 0 spiro atoms. The van der Waals surface area contributed by atoms with Gasteiger partial charge in [0.1, 0.15) is 11.6 Å². The average molecular weight is 382 g/mol. The van der Waals surface area contributed by atoms with E-state index in [4.69, 9.17) is 4.74 Å². The number of carbonyl (C=O) groups is 2. The maximum Gasteiger partial charge on any atom is 0.253 e. The number of piperidine rings is 1. The number of nitrogens with one attached hydrogen (secondary N) is 1. The van der Waals surface area contributed by atoms with Gasteiger partial charge in [-0.3, -0.25) is 9.59 Å². The fraction of sp³-hybridized carbons (Fsp3) is 0.364. The van der Waals surface area contributed by atoms with Gasteiger partial charge in [-0.1, -0.05) is 18.2 Å². The zero-order valence-corrected chi connectivity index (χ0v) is 15.6. The number of likely N-dealkylation sites (tertiary alicyclic amines) is 1. The highest BCUT2D eigenvalue weighted by molar-refractivity contribution is 5.94. The Hall–Kier alpha value is -2.89. The number of carbonyl (C=O) groups excluding carboxylic acids is 2. The van der Waals surface area contributed by atoms with Gasteiger partial charge in [-0.15, -0.1) is 0 Å². The third-order valence-corrected chi connectivity index (χ3v) is 5.52. The first kappa shape index (κ1) is 18.5. The van der Waals surface area contributed by atoms with Crippen LogP contribution in [0.25, 0.3) is 0 Å². The standard InChI is InChI=1S/C22H23FN2O3/c23-17-7-5-16(6-8-17)22(27)25-12-9-15(10-13-25)21(26)24-19-11-14-28-20-4-2-1-3-18(19)20/h1-8,15,19H,9-14H2,(H,24,26)/t19-/m1/s1. The SMILES string of the molecule is O=C(N[C@@H]1CCOc2ccccc21)C1CCN(C(=O)c2ccc(F)cc2)CC1. The molecule has 28 heavy (non-hydrogen) atoms. The molecule has 0 unspecified atom stereocenters. The molecule has 1 fully saturated rings. The summed E-state index contributed by atoms with van der Waals surface area (Å²) in [7, 11) is 0. The maximum absolute atomic E-state index is 13.0. The van der Waals surface area contributed by atoms with Crippen LogP contribution >= 0.6 is 0 Å². The van der Waals surface area contributed by atoms with Gasteiger partial charge < -0.3 is 15.0 Å². The number of rotatable bonds is 3. The number of fused-ring (bicyclic) bond motifs is 1. The van der Waals surface area contributed by atoms with Crippen LogP contribution in [-0.2, 0) is 4.79 Å². The number of ether oxygens (including phenoxy) is 1. The smallest absolute Gasteiger partial charge is 0.253 e. The summed E-state index contributed by atoms with van der Waals surface area (Å²) in [6, 6.07) is 13.3. The topological polar surface area (TPSA) is 58.6 Å². The van der Waals surface area contributed by atoms with Gasteiger partial charge in [0.05, 0.1) is 12.6 Å². The van der Waals surface area contributed by atoms with Crippen LogP contribution in [0.1, 0.15) is 41.2 Å². The van der Waals surface area contributed by atoms with Gasteiger partial charge in [0.2, 0.25) is 5.91 Å². The van der Waals surface area contributed by atoms with E-state index in [0.29, 0.717) is 38.1 Å². The van der Waals surface area contributed by atoms with Crippen molar-refractivity contribution in [2.24, 2.45) is 5.92 Å². The Bertz CT molecular complexity index is 860. The molecular weight excluding hydrogens is 359 g/mol. The summed E-state index contributed by atoms with van der Waals surface area (Å²) in [4.78, 5) is 27.0. The minimum Gasteiger partial charge on any atom is -0.493 e. The lowest BCUT2D eigenvalue weighted by atomic mass is 9.93. The van der Waals surface area contributed by atoms with E-state index in [9.17, 15) is 14.0 Å². The van der Waals surface area contributed by atoms with E-state index in [2.05, 4.69) is 5.32 Å². The molecule has 0 aliphatic carbocycles. The second kappa shape index (κ2) is 8.00. The monoisotopic (exact) mass is 382 g/mol.